The van der Waals surface area contributed by atoms with Crippen molar-refractivity contribution in [3.8, 4) is 11.8 Å². The highest BCUT2D eigenvalue weighted by molar-refractivity contribution is 6.30. The lowest BCUT2D eigenvalue weighted by Gasteiger charge is -1.93. The summed E-state index contributed by atoms with van der Waals surface area (Å²) in [6.45, 7) is 1.94. The van der Waals surface area contributed by atoms with Gasteiger partial charge in [-0.3, -0.25) is 0 Å². The second-order valence-corrected chi connectivity index (χ2v) is 2.87. The monoisotopic (exact) mass is 227 g/mol. The largest absolute Gasteiger partial charge is 0.456 e. The van der Waals surface area contributed by atoms with Gasteiger partial charge in [0, 0.05) is 17.7 Å². The molecule has 0 saturated carbocycles. The van der Waals surface area contributed by atoms with Gasteiger partial charge < -0.3 is 4.74 Å². The second kappa shape index (κ2) is 5.32. The van der Waals surface area contributed by atoms with E-state index in [2.05, 4.69) is 21.6 Å². The van der Waals surface area contributed by atoms with Crippen molar-refractivity contribution in [2.45, 2.75) is 6.92 Å². The molecule has 78 valence electrons. The van der Waals surface area contributed by atoms with Crippen LogP contribution in [0, 0.1) is 17.8 Å². The third kappa shape index (κ3) is 3.56. The summed E-state index contributed by atoms with van der Waals surface area (Å²) < 4.78 is 17.2. The molecule has 0 saturated heterocycles. The summed E-state index contributed by atoms with van der Waals surface area (Å²) in [7, 11) is 0. The zero-order valence-electron chi connectivity index (χ0n) is 7.88. The van der Waals surface area contributed by atoms with Crippen molar-refractivity contribution in [2.24, 2.45) is 0 Å². The van der Waals surface area contributed by atoms with Crippen LogP contribution in [0.15, 0.2) is 12.3 Å². The molecule has 1 aromatic heterocycles. The minimum Gasteiger partial charge on any atom is -0.456 e. The molecule has 0 atom stereocenters. The normalized spacial score (nSPS) is 9.00. The molecular formula is C10H7ClFNO2. The zero-order valence-corrected chi connectivity index (χ0v) is 8.64. The minimum atomic E-state index is -0.765. The number of esters is 1. The number of ether oxygens (including phenoxy) is 1. The topological polar surface area (TPSA) is 39.2 Å². The van der Waals surface area contributed by atoms with Crippen molar-refractivity contribution in [3.05, 3.63) is 28.8 Å². The quantitative estimate of drug-likeness (QED) is 0.417. The molecule has 0 aliphatic carbocycles. The van der Waals surface area contributed by atoms with E-state index in [1.165, 1.54) is 12.3 Å². The molecule has 1 rings (SSSR count). The molecule has 5 heteroatoms. The van der Waals surface area contributed by atoms with Crippen molar-refractivity contribution < 1.29 is 13.9 Å². The van der Waals surface area contributed by atoms with Crippen LogP contribution in [0.3, 0.4) is 0 Å². The van der Waals surface area contributed by atoms with E-state index < -0.39 is 11.9 Å². The number of halogens is 2. The number of carbonyl (C=O) groups is 1. The fourth-order valence-corrected chi connectivity index (χ4v) is 0.946. The molecule has 0 radical (unpaired) electrons. The van der Waals surface area contributed by atoms with Crippen LogP contribution in [0.5, 0.6) is 0 Å². The van der Waals surface area contributed by atoms with E-state index in [0.717, 1.165) is 0 Å². The highest BCUT2D eigenvalue weighted by Gasteiger charge is 2.00. The van der Waals surface area contributed by atoms with E-state index in [-0.39, 0.29) is 11.6 Å². The first kappa shape index (κ1) is 11.5. The Bertz CT molecular complexity index is 437. The van der Waals surface area contributed by atoms with Gasteiger partial charge in [-0.1, -0.05) is 17.5 Å². The maximum atomic E-state index is 12.6. The Kier molecular flexibility index (Phi) is 4.07. The Morgan fingerprint density at radius 1 is 1.73 bits per heavy atom. The summed E-state index contributed by atoms with van der Waals surface area (Å²) in [4.78, 5) is 14.2. The number of nitrogens with zero attached hydrogens (tertiary/aromatic N) is 1. The molecule has 1 heterocycles. The molecule has 0 fully saturated rings. The Morgan fingerprint density at radius 2 is 2.47 bits per heavy atom. The van der Waals surface area contributed by atoms with Crippen LogP contribution in [0.2, 0.25) is 5.02 Å². The van der Waals surface area contributed by atoms with Crippen molar-refractivity contribution in [1.29, 1.82) is 0 Å². The molecule has 0 bridgehead atoms. The number of aromatic nitrogens is 1. The second-order valence-electron chi connectivity index (χ2n) is 2.47. The van der Waals surface area contributed by atoms with Crippen molar-refractivity contribution in [3.63, 3.8) is 0 Å². The maximum Gasteiger partial charge on any atom is 0.384 e. The van der Waals surface area contributed by atoms with E-state index in [0.29, 0.717) is 5.56 Å². The molecule has 0 amide bonds. The summed E-state index contributed by atoms with van der Waals surface area (Å²) in [6.07, 6.45) is 1.19. The average molecular weight is 228 g/mol. The van der Waals surface area contributed by atoms with Gasteiger partial charge in [0.05, 0.1) is 11.6 Å². The molecule has 15 heavy (non-hydrogen) atoms. The fraction of sp³-hybridized carbons (Fsp3) is 0.200. The van der Waals surface area contributed by atoms with Crippen LogP contribution in [-0.2, 0) is 9.53 Å². The van der Waals surface area contributed by atoms with Crippen molar-refractivity contribution >= 4 is 17.6 Å². The summed E-state index contributed by atoms with van der Waals surface area (Å²) >= 11 is 5.47. The smallest absolute Gasteiger partial charge is 0.384 e. The molecule has 0 aliphatic heterocycles. The van der Waals surface area contributed by atoms with E-state index in [4.69, 9.17) is 11.6 Å². The van der Waals surface area contributed by atoms with Gasteiger partial charge in [0.15, 0.2) is 0 Å². The predicted octanol–water partition coefficient (Wildman–Crippen LogP) is 1.79. The molecule has 1 aromatic rings. The lowest BCUT2D eigenvalue weighted by molar-refractivity contribution is -0.136. The third-order valence-corrected chi connectivity index (χ3v) is 1.65. The van der Waals surface area contributed by atoms with Gasteiger partial charge >= 0.3 is 5.97 Å². The van der Waals surface area contributed by atoms with Gasteiger partial charge in [-0.2, -0.15) is 4.39 Å². The van der Waals surface area contributed by atoms with E-state index >= 15 is 0 Å². The van der Waals surface area contributed by atoms with Gasteiger partial charge in [-0.25, -0.2) is 9.78 Å². The average Bonchev–Trinajstić information content (AvgIpc) is 2.20. The summed E-state index contributed by atoms with van der Waals surface area (Å²) in [6, 6.07) is 1.29. The molecule has 0 aliphatic rings. The van der Waals surface area contributed by atoms with E-state index in [9.17, 15) is 9.18 Å². The highest BCUT2D eigenvalue weighted by Crippen LogP contribution is 2.12. The number of hydrogen-bond donors (Lipinski definition) is 0. The van der Waals surface area contributed by atoms with Crippen LogP contribution < -0.4 is 0 Å². The van der Waals surface area contributed by atoms with Gasteiger partial charge in [-0.15, -0.1) is 0 Å². The van der Waals surface area contributed by atoms with Gasteiger partial charge in [-0.05, 0) is 13.0 Å². The zero-order chi connectivity index (χ0) is 11.3. The van der Waals surface area contributed by atoms with Crippen LogP contribution >= 0.6 is 11.6 Å². The number of hydrogen-bond acceptors (Lipinski definition) is 3. The summed E-state index contributed by atoms with van der Waals surface area (Å²) in [5.41, 5.74) is 0.356. The number of pyridine rings is 1. The van der Waals surface area contributed by atoms with Gasteiger partial charge in [0.2, 0.25) is 5.95 Å². The lowest BCUT2D eigenvalue weighted by Crippen LogP contribution is -1.99. The Balaban J connectivity index is 2.80. The molecule has 0 unspecified atom stereocenters. The van der Waals surface area contributed by atoms with E-state index in [1.807, 2.05) is 0 Å². The van der Waals surface area contributed by atoms with Crippen LogP contribution in [-0.4, -0.2) is 17.6 Å². The first-order valence-corrected chi connectivity index (χ1v) is 4.51. The molecule has 3 nitrogen and oxygen atoms in total. The first-order valence-electron chi connectivity index (χ1n) is 4.13. The van der Waals surface area contributed by atoms with E-state index in [1.54, 1.807) is 6.92 Å². The van der Waals surface area contributed by atoms with Crippen molar-refractivity contribution in [1.82, 2.24) is 4.98 Å². The molecular weight excluding hydrogens is 221 g/mol. The lowest BCUT2D eigenvalue weighted by atomic mass is 10.3. The summed E-state index contributed by atoms with van der Waals surface area (Å²) in [5, 5.41) is -0.134. The van der Waals surface area contributed by atoms with Crippen molar-refractivity contribution in [2.75, 3.05) is 6.61 Å². The van der Waals surface area contributed by atoms with Crippen LogP contribution in [0.1, 0.15) is 12.5 Å². The molecule has 0 N–H and O–H groups in total. The Hall–Kier alpha value is -1.60. The maximum absolute atomic E-state index is 12.6. The first-order chi connectivity index (χ1) is 7.13. The van der Waals surface area contributed by atoms with Gasteiger partial charge in [0.25, 0.3) is 0 Å². The predicted molar refractivity (Wildman–Crippen MR) is 52.7 cm³/mol. The Labute approximate surface area is 91.2 Å². The minimum absolute atomic E-state index is 0.134. The standard InChI is InChI=1S/C10H7ClFNO2/c1-2-15-9(14)4-3-7-5-8(11)10(12)13-6-7/h5-6H,2H2,1H3. The fourth-order valence-electron chi connectivity index (χ4n) is 0.780. The third-order valence-electron chi connectivity index (χ3n) is 1.38. The summed E-state index contributed by atoms with van der Waals surface area (Å²) in [5.74, 6) is 3.27. The SMILES string of the molecule is CCOC(=O)C#Cc1cnc(F)c(Cl)c1. The Morgan fingerprint density at radius 3 is 3.07 bits per heavy atom. The number of carbonyl (C=O) groups excluding carboxylic acids is 1. The van der Waals surface area contributed by atoms with Crippen LogP contribution in [0.4, 0.5) is 4.39 Å². The highest BCUT2D eigenvalue weighted by atomic mass is 35.5. The molecule has 0 aromatic carbocycles. The number of rotatable bonds is 1. The van der Waals surface area contributed by atoms with Gasteiger partial charge in [0.1, 0.15) is 0 Å². The van der Waals surface area contributed by atoms with Crippen LogP contribution in [0.25, 0.3) is 0 Å². The molecule has 0 spiro atoms.